The molecule has 0 heterocycles. The normalized spacial score (nSPS) is 12.9. The van der Waals surface area contributed by atoms with Gasteiger partial charge in [0.1, 0.15) is 4.90 Å². The zero-order valence-electron chi connectivity index (χ0n) is 13.2. The molecule has 0 fully saturated rings. The van der Waals surface area contributed by atoms with Crippen LogP contribution in [0.2, 0.25) is 5.02 Å². The first-order chi connectivity index (χ1) is 9.60. The second kappa shape index (κ2) is 7.07. The monoisotopic (exact) mass is 333 g/mol. The smallest absolute Gasteiger partial charge is 0.242 e. The van der Waals surface area contributed by atoms with Gasteiger partial charge < -0.3 is 10.2 Å². The largest absolute Gasteiger partial charge is 0.316 e. The third kappa shape index (κ3) is 4.93. The van der Waals surface area contributed by atoms with Crippen molar-refractivity contribution in [3.05, 3.63) is 28.8 Å². The van der Waals surface area contributed by atoms with Gasteiger partial charge in [-0.25, -0.2) is 13.1 Å². The Bertz CT molecular complexity index is 586. The molecule has 0 atom stereocenters. The fourth-order valence-electron chi connectivity index (χ4n) is 1.58. The first-order valence-electron chi connectivity index (χ1n) is 6.70. The van der Waals surface area contributed by atoms with E-state index in [9.17, 15) is 8.42 Å². The molecule has 0 bridgehead atoms. The Morgan fingerprint density at radius 2 is 1.90 bits per heavy atom. The summed E-state index contributed by atoms with van der Waals surface area (Å²) in [5.74, 6) is 0. The minimum Gasteiger partial charge on any atom is -0.316 e. The zero-order valence-corrected chi connectivity index (χ0v) is 14.8. The lowest BCUT2D eigenvalue weighted by Gasteiger charge is -2.32. The lowest BCUT2D eigenvalue weighted by molar-refractivity contribution is 0.199. The van der Waals surface area contributed by atoms with Crippen molar-refractivity contribution in [2.24, 2.45) is 0 Å². The van der Waals surface area contributed by atoms with Crippen molar-refractivity contribution in [1.82, 2.24) is 14.9 Å². The van der Waals surface area contributed by atoms with Gasteiger partial charge >= 0.3 is 0 Å². The number of halogens is 1. The zero-order chi connectivity index (χ0) is 16.3. The summed E-state index contributed by atoms with van der Waals surface area (Å²) in [7, 11) is 1.99. The molecule has 0 unspecified atom stereocenters. The van der Waals surface area contributed by atoms with Crippen LogP contribution in [0.25, 0.3) is 0 Å². The predicted octanol–water partition coefficient (Wildman–Crippen LogP) is 1.68. The number of benzene rings is 1. The number of hydrogen-bond donors (Lipinski definition) is 2. The third-order valence-corrected chi connectivity index (χ3v) is 5.45. The summed E-state index contributed by atoms with van der Waals surface area (Å²) in [6.07, 6.45) is 0. The molecule has 5 nitrogen and oxygen atoms in total. The highest BCUT2D eigenvalue weighted by Gasteiger charge is 2.25. The Morgan fingerprint density at radius 1 is 1.29 bits per heavy atom. The number of rotatable bonds is 7. The van der Waals surface area contributed by atoms with Crippen LogP contribution in [0.15, 0.2) is 23.1 Å². The predicted molar refractivity (Wildman–Crippen MR) is 87.2 cm³/mol. The molecule has 1 aromatic rings. The second-order valence-electron chi connectivity index (χ2n) is 5.83. The van der Waals surface area contributed by atoms with Crippen LogP contribution in [0.5, 0.6) is 0 Å². The van der Waals surface area contributed by atoms with Gasteiger partial charge in [-0.2, -0.15) is 0 Å². The highest BCUT2D eigenvalue weighted by molar-refractivity contribution is 7.89. The molecule has 0 saturated carbocycles. The van der Waals surface area contributed by atoms with Crippen LogP contribution in [-0.4, -0.2) is 46.5 Å². The van der Waals surface area contributed by atoms with E-state index < -0.39 is 10.0 Å². The Kier molecular flexibility index (Phi) is 6.19. The van der Waals surface area contributed by atoms with E-state index in [-0.39, 0.29) is 15.5 Å². The standard InChI is InChI=1S/C14H24ClN3O2S/c1-14(2,18(4)5)10-17-21(19,20)13-8-11(9-16-3)6-7-12(13)15/h6-8,16-17H,9-10H2,1-5H3. The van der Waals surface area contributed by atoms with Crippen LogP contribution in [0.1, 0.15) is 19.4 Å². The Labute approximate surface area is 132 Å². The van der Waals surface area contributed by atoms with Gasteiger partial charge in [0, 0.05) is 18.6 Å². The maximum absolute atomic E-state index is 12.4. The number of nitrogens with zero attached hydrogens (tertiary/aromatic N) is 1. The van der Waals surface area contributed by atoms with E-state index in [2.05, 4.69) is 10.0 Å². The van der Waals surface area contributed by atoms with E-state index in [1.54, 1.807) is 19.2 Å². The van der Waals surface area contributed by atoms with Gasteiger partial charge in [0.05, 0.1) is 5.02 Å². The van der Waals surface area contributed by atoms with Crippen molar-refractivity contribution < 1.29 is 8.42 Å². The molecule has 0 saturated heterocycles. The maximum Gasteiger partial charge on any atom is 0.242 e. The molecule has 0 aliphatic carbocycles. The second-order valence-corrected chi connectivity index (χ2v) is 7.97. The molecule has 0 aromatic heterocycles. The molecule has 0 radical (unpaired) electrons. The van der Waals surface area contributed by atoms with Crippen LogP contribution in [0.4, 0.5) is 0 Å². The number of sulfonamides is 1. The Morgan fingerprint density at radius 3 is 2.43 bits per heavy atom. The Balaban J connectivity index is 3.00. The van der Waals surface area contributed by atoms with E-state index in [1.165, 1.54) is 0 Å². The lowest BCUT2D eigenvalue weighted by Crippen LogP contribution is -2.48. The summed E-state index contributed by atoms with van der Waals surface area (Å²) in [6, 6.07) is 5.02. The fraction of sp³-hybridized carbons (Fsp3) is 0.571. The number of nitrogens with one attached hydrogen (secondary N) is 2. The summed E-state index contributed by atoms with van der Waals surface area (Å²) in [5.41, 5.74) is 0.580. The molecule has 0 aliphatic heterocycles. The number of likely N-dealkylation sites (N-methyl/N-ethyl adjacent to an activating group) is 1. The van der Waals surface area contributed by atoms with E-state index in [0.29, 0.717) is 13.1 Å². The van der Waals surface area contributed by atoms with Gasteiger partial charge in [0.2, 0.25) is 10.0 Å². The van der Waals surface area contributed by atoms with Crippen molar-refractivity contribution in [3.8, 4) is 0 Å². The molecule has 7 heteroatoms. The van der Waals surface area contributed by atoms with E-state index in [1.807, 2.05) is 38.9 Å². The SMILES string of the molecule is CNCc1ccc(Cl)c(S(=O)(=O)NCC(C)(C)N(C)C)c1. The minimum atomic E-state index is -3.63. The summed E-state index contributed by atoms with van der Waals surface area (Å²) in [6.45, 7) is 4.82. The fourth-order valence-corrected chi connectivity index (χ4v) is 3.33. The van der Waals surface area contributed by atoms with Crippen LogP contribution in [0, 0.1) is 0 Å². The van der Waals surface area contributed by atoms with Crippen molar-refractivity contribution in [1.29, 1.82) is 0 Å². The average molecular weight is 334 g/mol. The van der Waals surface area contributed by atoms with Gasteiger partial charge in [-0.05, 0) is 52.7 Å². The van der Waals surface area contributed by atoms with Crippen LogP contribution < -0.4 is 10.0 Å². The lowest BCUT2D eigenvalue weighted by atomic mass is 10.1. The molecular formula is C14H24ClN3O2S. The van der Waals surface area contributed by atoms with Gasteiger partial charge in [0.15, 0.2) is 0 Å². The molecule has 0 spiro atoms. The highest BCUT2D eigenvalue weighted by atomic mass is 35.5. The van der Waals surface area contributed by atoms with Gasteiger partial charge in [-0.1, -0.05) is 17.7 Å². The van der Waals surface area contributed by atoms with E-state index in [4.69, 9.17) is 11.6 Å². The quantitative estimate of drug-likeness (QED) is 0.797. The van der Waals surface area contributed by atoms with E-state index in [0.717, 1.165) is 5.56 Å². The summed E-state index contributed by atoms with van der Waals surface area (Å²) in [4.78, 5) is 2.08. The summed E-state index contributed by atoms with van der Waals surface area (Å²) >= 11 is 6.04. The van der Waals surface area contributed by atoms with Crippen LogP contribution in [0.3, 0.4) is 0 Å². The Hall–Kier alpha value is -0.660. The van der Waals surface area contributed by atoms with Crippen molar-refractivity contribution in [3.63, 3.8) is 0 Å². The van der Waals surface area contributed by atoms with Gasteiger partial charge in [0.25, 0.3) is 0 Å². The van der Waals surface area contributed by atoms with E-state index >= 15 is 0 Å². The number of hydrogen-bond acceptors (Lipinski definition) is 4. The summed E-state index contributed by atoms with van der Waals surface area (Å²) in [5, 5.41) is 3.22. The molecule has 0 amide bonds. The minimum absolute atomic E-state index is 0.117. The molecule has 120 valence electrons. The third-order valence-electron chi connectivity index (χ3n) is 3.57. The van der Waals surface area contributed by atoms with Gasteiger partial charge in [-0.3, -0.25) is 0 Å². The first kappa shape index (κ1) is 18.4. The maximum atomic E-state index is 12.4. The molecule has 1 rings (SSSR count). The van der Waals surface area contributed by atoms with Crippen LogP contribution >= 0.6 is 11.6 Å². The molecule has 0 aliphatic rings. The summed E-state index contributed by atoms with van der Waals surface area (Å²) < 4.78 is 27.5. The van der Waals surface area contributed by atoms with Gasteiger partial charge in [-0.15, -0.1) is 0 Å². The average Bonchev–Trinajstić information content (AvgIpc) is 2.39. The van der Waals surface area contributed by atoms with Crippen LogP contribution in [-0.2, 0) is 16.6 Å². The van der Waals surface area contributed by atoms with Crippen molar-refractivity contribution in [2.45, 2.75) is 30.8 Å². The molecule has 21 heavy (non-hydrogen) atoms. The molecular weight excluding hydrogens is 310 g/mol. The topological polar surface area (TPSA) is 61.4 Å². The highest BCUT2D eigenvalue weighted by Crippen LogP contribution is 2.23. The first-order valence-corrected chi connectivity index (χ1v) is 8.56. The van der Waals surface area contributed by atoms with Crippen molar-refractivity contribution >= 4 is 21.6 Å². The molecule has 2 N–H and O–H groups in total. The van der Waals surface area contributed by atoms with Crippen molar-refractivity contribution in [2.75, 3.05) is 27.7 Å². The molecule has 1 aromatic carbocycles.